The van der Waals surface area contributed by atoms with Gasteiger partial charge in [0.05, 0.1) is 13.2 Å². The largest absolute Gasteiger partial charge is 0.379 e. The monoisotopic (exact) mass is 356 g/mol. The summed E-state index contributed by atoms with van der Waals surface area (Å²) in [5.74, 6) is 0.380. The highest BCUT2D eigenvalue weighted by Crippen LogP contribution is 2.19. The van der Waals surface area contributed by atoms with Crippen molar-refractivity contribution in [3.8, 4) is 0 Å². The van der Waals surface area contributed by atoms with Crippen molar-refractivity contribution >= 4 is 11.9 Å². The van der Waals surface area contributed by atoms with Gasteiger partial charge in [-0.25, -0.2) is 4.79 Å². The van der Waals surface area contributed by atoms with Crippen LogP contribution in [0, 0.1) is 5.92 Å². The van der Waals surface area contributed by atoms with Crippen molar-refractivity contribution in [2.75, 3.05) is 39.4 Å². The number of hydrogen-bond donors (Lipinski definition) is 3. The van der Waals surface area contributed by atoms with Crippen LogP contribution in [0.15, 0.2) is 0 Å². The Balaban J connectivity index is 2.51. The molecule has 0 aromatic heterocycles. The molecule has 0 saturated carbocycles. The zero-order chi connectivity index (χ0) is 18.7. The number of nitrogens with zero attached hydrogens (tertiary/aromatic N) is 1. The van der Waals surface area contributed by atoms with E-state index in [1.165, 1.54) is 0 Å². The van der Waals surface area contributed by atoms with E-state index in [1.54, 1.807) is 6.92 Å². The fraction of sp³-hybridized carbons (Fsp3) is 0.889. The summed E-state index contributed by atoms with van der Waals surface area (Å²) in [4.78, 5) is 26.4. The molecule has 25 heavy (non-hydrogen) atoms. The van der Waals surface area contributed by atoms with Gasteiger partial charge >= 0.3 is 6.03 Å². The minimum atomic E-state index is -0.540. The summed E-state index contributed by atoms with van der Waals surface area (Å²) in [6, 6.07) is -0.529. The van der Waals surface area contributed by atoms with Crippen LogP contribution in [0.4, 0.5) is 4.79 Å². The summed E-state index contributed by atoms with van der Waals surface area (Å²) < 4.78 is 5.45. The lowest BCUT2D eigenvalue weighted by Crippen LogP contribution is -2.54. The second-order valence-electron chi connectivity index (χ2n) is 6.66. The fourth-order valence-corrected chi connectivity index (χ4v) is 3.25. The highest BCUT2D eigenvalue weighted by molar-refractivity contribution is 5.86. The summed E-state index contributed by atoms with van der Waals surface area (Å²) in [5, 5.41) is 8.46. The van der Waals surface area contributed by atoms with E-state index in [-0.39, 0.29) is 11.9 Å². The van der Waals surface area contributed by atoms with Crippen LogP contribution < -0.4 is 16.0 Å². The molecule has 0 radical (unpaired) electrons. The summed E-state index contributed by atoms with van der Waals surface area (Å²) in [7, 11) is 0. The van der Waals surface area contributed by atoms with Gasteiger partial charge in [0, 0.05) is 32.2 Å². The smallest absolute Gasteiger partial charge is 0.315 e. The van der Waals surface area contributed by atoms with Gasteiger partial charge in [0.2, 0.25) is 5.91 Å². The average molecular weight is 357 g/mol. The number of carbonyl (C=O) groups excluding carboxylic acids is 2. The number of nitrogens with one attached hydrogen (secondary N) is 3. The number of urea groups is 1. The molecule has 3 N–H and O–H groups in total. The molecule has 1 aliphatic rings. The van der Waals surface area contributed by atoms with Crippen molar-refractivity contribution < 1.29 is 14.3 Å². The Labute approximate surface area is 152 Å². The van der Waals surface area contributed by atoms with Crippen molar-refractivity contribution in [1.82, 2.24) is 20.9 Å². The van der Waals surface area contributed by atoms with Crippen molar-refractivity contribution in [2.45, 2.75) is 59.0 Å². The molecule has 1 saturated heterocycles. The minimum Gasteiger partial charge on any atom is -0.379 e. The van der Waals surface area contributed by atoms with E-state index in [0.29, 0.717) is 25.0 Å². The van der Waals surface area contributed by atoms with Crippen LogP contribution >= 0.6 is 0 Å². The highest BCUT2D eigenvalue weighted by atomic mass is 16.5. The van der Waals surface area contributed by atoms with E-state index in [2.05, 4.69) is 34.7 Å². The zero-order valence-electron chi connectivity index (χ0n) is 16.3. The third-order valence-electron chi connectivity index (χ3n) is 4.87. The predicted molar refractivity (Wildman–Crippen MR) is 99.5 cm³/mol. The molecule has 3 amide bonds. The maximum atomic E-state index is 12.2. The lowest BCUT2D eigenvalue weighted by atomic mass is 9.92. The molecule has 0 aliphatic carbocycles. The molecule has 0 aromatic rings. The lowest BCUT2D eigenvalue weighted by molar-refractivity contribution is -0.122. The van der Waals surface area contributed by atoms with E-state index in [1.807, 2.05) is 6.92 Å². The molecular weight excluding hydrogens is 320 g/mol. The molecule has 1 aliphatic heterocycles. The maximum absolute atomic E-state index is 12.2. The topological polar surface area (TPSA) is 82.7 Å². The first-order valence-electron chi connectivity index (χ1n) is 9.67. The summed E-state index contributed by atoms with van der Waals surface area (Å²) in [6.45, 7) is 12.6. The molecule has 7 heteroatoms. The first-order valence-corrected chi connectivity index (χ1v) is 9.67. The number of morpholine rings is 1. The molecule has 0 aromatic carbocycles. The molecule has 7 nitrogen and oxygen atoms in total. The Morgan fingerprint density at radius 2 is 1.72 bits per heavy atom. The summed E-state index contributed by atoms with van der Waals surface area (Å²) in [6.07, 6.45) is 3.04. The van der Waals surface area contributed by atoms with Crippen LogP contribution in [-0.2, 0) is 9.53 Å². The van der Waals surface area contributed by atoms with Gasteiger partial charge in [-0.2, -0.15) is 0 Å². The van der Waals surface area contributed by atoms with Crippen molar-refractivity contribution in [3.63, 3.8) is 0 Å². The van der Waals surface area contributed by atoms with Crippen molar-refractivity contribution in [3.05, 3.63) is 0 Å². The molecule has 0 bridgehead atoms. The molecule has 1 heterocycles. The van der Waals surface area contributed by atoms with E-state index in [0.717, 1.165) is 45.6 Å². The molecule has 1 fully saturated rings. The Kier molecular flexibility index (Phi) is 10.5. The number of hydrogen-bond acceptors (Lipinski definition) is 4. The number of amides is 3. The predicted octanol–water partition coefficient (Wildman–Crippen LogP) is 1.34. The van der Waals surface area contributed by atoms with Gasteiger partial charge in [0.25, 0.3) is 0 Å². The van der Waals surface area contributed by atoms with Crippen LogP contribution in [0.3, 0.4) is 0 Å². The van der Waals surface area contributed by atoms with Gasteiger partial charge in [-0.3, -0.25) is 9.69 Å². The summed E-state index contributed by atoms with van der Waals surface area (Å²) in [5.41, 5.74) is 0. The molecule has 1 rings (SSSR count). The number of rotatable bonds is 10. The van der Waals surface area contributed by atoms with Crippen LogP contribution in [0.2, 0.25) is 0 Å². The normalized spacial score (nSPS) is 17.8. The van der Waals surface area contributed by atoms with Crippen molar-refractivity contribution in [1.29, 1.82) is 0 Å². The van der Waals surface area contributed by atoms with Gasteiger partial charge in [-0.05, 0) is 19.3 Å². The van der Waals surface area contributed by atoms with Gasteiger partial charge in [-0.1, -0.05) is 33.6 Å². The van der Waals surface area contributed by atoms with Crippen LogP contribution in [0.5, 0.6) is 0 Å². The minimum absolute atomic E-state index is 0.151. The zero-order valence-corrected chi connectivity index (χ0v) is 16.3. The average Bonchev–Trinajstić information content (AvgIpc) is 2.63. The maximum Gasteiger partial charge on any atom is 0.315 e. The molecule has 0 unspecified atom stereocenters. The molecular formula is C18H36N4O3. The highest BCUT2D eigenvalue weighted by Gasteiger charge is 2.27. The fourth-order valence-electron chi connectivity index (χ4n) is 3.25. The molecule has 2 atom stereocenters. The van der Waals surface area contributed by atoms with E-state index in [4.69, 9.17) is 4.74 Å². The lowest BCUT2D eigenvalue weighted by Gasteiger charge is -2.38. The standard InChI is InChI=1S/C18H36N4O3/c1-5-8-19-17(23)14(4)21-18(24)20-13-16(15(6-2)7-3)22-9-11-25-12-10-22/h14-16H,5-13H2,1-4H3,(H,19,23)(H2,20,21,24)/t14-,16+/m1/s1. The molecule has 146 valence electrons. The third kappa shape index (κ3) is 7.61. The van der Waals surface area contributed by atoms with E-state index >= 15 is 0 Å². The van der Waals surface area contributed by atoms with E-state index in [9.17, 15) is 9.59 Å². The number of carbonyl (C=O) groups is 2. The summed E-state index contributed by atoms with van der Waals surface area (Å²) >= 11 is 0. The van der Waals surface area contributed by atoms with Gasteiger partial charge in [-0.15, -0.1) is 0 Å². The van der Waals surface area contributed by atoms with E-state index < -0.39 is 6.04 Å². The quantitative estimate of drug-likeness (QED) is 0.552. The second kappa shape index (κ2) is 12.1. The third-order valence-corrected chi connectivity index (χ3v) is 4.87. The van der Waals surface area contributed by atoms with Gasteiger partial charge in [0.15, 0.2) is 0 Å². The Morgan fingerprint density at radius 1 is 1.08 bits per heavy atom. The van der Waals surface area contributed by atoms with Crippen LogP contribution in [0.1, 0.15) is 47.0 Å². The molecule has 0 spiro atoms. The second-order valence-corrected chi connectivity index (χ2v) is 6.66. The number of ether oxygens (including phenoxy) is 1. The Morgan fingerprint density at radius 3 is 2.28 bits per heavy atom. The first-order chi connectivity index (χ1) is 12.0. The first kappa shape index (κ1) is 21.7. The SMILES string of the molecule is CCCNC(=O)[C@@H](C)NC(=O)NC[C@@H](C(CC)CC)N1CCOCC1. The van der Waals surface area contributed by atoms with Crippen molar-refractivity contribution in [2.24, 2.45) is 5.92 Å². The Hall–Kier alpha value is -1.34. The van der Waals surface area contributed by atoms with Crippen LogP contribution in [0.25, 0.3) is 0 Å². The Bertz CT molecular complexity index is 396. The van der Waals surface area contributed by atoms with Gasteiger partial charge < -0.3 is 20.7 Å². The van der Waals surface area contributed by atoms with Gasteiger partial charge in [0.1, 0.15) is 6.04 Å². The van der Waals surface area contributed by atoms with Crippen LogP contribution in [-0.4, -0.2) is 68.3 Å².